The molecule has 0 saturated carbocycles. The van der Waals surface area contributed by atoms with E-state index in [1.54, 1.807) is 24.3 Å². The summed E-state index contributed by atoms with van der Waals surface area (Å²) in [5.41, 5.74) is 1.08. The summed E-state index contributed by atoms with van der Waals surface area (Å²) in [6, 6.07) is 5.30. The van der Waals surface area contributed by atoms with Crippen molar-refractivity contribution in [3.05, 3.63) is 46.4 Å². The van der Waals surface area contributed by atoms with Gasteiger partial charge in [-0.05, 0) is 35.5 Å². The molecule has 0 spiro atoms. The van der Waals surface area contributed by atoms with Crippen molar-refractivity contribution in [1.29, 1.82) is 0 Å². The minimum Gasteiger partial charge on any atom is -0.454 e. The second-order valence-electron chi connectivity index (χ2n) is 6.30. The summed E-state index contributed by atoms with van der Waals surface area (Å²) in [6.07, 6.45) is 3.80. The van der Waals surface area contributed by atoms with Gasteiger partial charge in [-0.25, -0.2) is 4.98 Å². The highest BCUT2D eigenvalue weighted by Crippen LogP contribution is 2.36. The Hall–Kier alpha value is -3.27. The van der Waals surface area contributed by atoms with E-state index in [2.05, 4.69) is 15.3 Å². The van der Waals surface area contributed by atoms with Crippen LogP contribution in [0.4, 0.5) is 4.79 Å². The van der Waals surface area contributed by atoms with Gasteiger partial charge in [0.25, 0.3) is 17.1 Å². The molecular formula is C19H18N4O5S. The number of aromatic amines is 1. The second-order valence-corrected chi connectivity index (χ2v) is 7.29. The number of rotatable bonds is 6. The second kappa shape index (κ2) is 8.00. The number of aromatic nitrogens is 2. The Bertz CT molecular complexity index is 1020. The van der Waals surface area contributed by atoms with Crippen molar-refractivity contribution in [2.75, 3.05) is 19.9 Å². The summed E-state index contributed by atoms with van der Waals surface area (Å²) in [4.78, 5) is 45.3. The van der Waals surface area contributed by atoms with E-state index in [1.807, 2.05) is 6.92 Å². The van der Waals surface area contributed by atoms with Gasteiger partial charge in [-0.15, -0.1) is 0 Å². The summed E-state index contributed by atoms with van der Waals surface area (Å²) >= 11 is 0.869. The van der Waals surface area contributed by atoms with Crippen LogP contribution in [0.15, 0.2) is 29.3 Å². The fourth-order valence-electron chi connectivity index (χ4n) is 2.88. The monoisotopic (exact) mass is 414 g/mol. The first-order valence-electron chi connectivity index (χ1n) is 9.02. The van der Waals surface area contributed by atoms with Crippen molar-refractivity contribution in [1.82, 2.24) is 20.2 Å². The number of ether oxygens (including phenoxy) is 2. The molecule has 2 aliphatic heterocycles. The molecule has 1 aromatic heterocycles. The lowest BCUT2D eigenvalue weighted by Gasteiger charge is -2.12. The molecule has 1 fully saturated rings. The molecule has 10 heteroatoms. The number of imide groups is 1. The minimum absolute atomic E-state index is 0.0870. The van der Waals surface area contributed by atoms with E-state index >= 15 is 0 Å². The maximum Gasteiger partial charge on any atom is 0.293 e. The highest BCUT2D eigenvalue weighted by Gasteiger charge is 2.34. The fraction of sp³-hybridized carbons (Fsp3) is 0.263. The Balaban J connectivity index is 1.36. The number of hydrogen-bond acceptors (Lipinski definition) is 7. The highest BCUT2D eigenvalue weighted by atomic mass is 32.2. The molecule has 0 bridgehead atoms. The number of amides is 3. The number of nitrogens with one attached hydrogen (secondary N) is 2. The molecule has 9 nitrogen and oxygen atoms in total. The van der Waals surface area contributed by atoms with Crippen LogP contribution in [0.2, 0.25) is 0 Å². The molecule has 0 aliphatic carbocycles. The number of aryl methyl sites for hydroxylation is 1. The van der Waals surface area contributed by atoms with Crippen molar-refractivity contribution < 1.29 is 23.9 Å². The standard InChI is InChI=1S/C19H18N4O5S/c1-2-16-21-9-12(22-16)17(24)20-5-6-23-18(25)15(29-19(23)26)8-11-3-4-13-14(7-11)28-10-27-13/h3-4,7-9H,2,5-6,10H2,1H3,(H,20,24)(H,21,22)/b15-8+. The van der Waals surface area contributed by atoms with Crippen LogP contribution in [0.1, 0.15) is 28.8 Å². The van der Waals surface area contributed by atoms with Gasteiger partial charge in [0.15, 0.2) is 11.5 Å². The Labute approximate surface area is 170 Å². The zero-order chi connectivity index (χ0) is 20.4. The zero-order valence-corrected chi connectivity index (χ0v) is 16.4. The van der Waals surface area contributed by atoms with E-state index in [1.165, 1.54) is 6.20 Å². The fourth-order valence-corrected chi connectivity index (χ4v) is 3.75. The molecule has 2 aromatic rings. The number of carbonyl (C=O) groups excluding carboxylic acids is 3. The molecule has 0 atom stereocenters. The third kappa shape index (κ3) is 3.97. The zero-order valence-electron chi connectivity index (χ0n) is 15.6. The normalized spacial score (nSPS) is 16.7. The molecule has 2 aliphatic rings. The number of benzene rings is 1. The van der Waals surface area contributed by atoms with Gasteiger partial charge in [0.05, 0.1) is 11.1 Å². The topological polar surface area (TPSA) is 114 Å². The van der Waals surface area contributed by atoms with Gasteiger partial charge in [-0.1, -0.05) is 13.0 Å². The molecule has 3 amide bonds. The summed E-state index contributed by atoms with van der Waals surface area (Å²) < 4.78 is 10.6. The van der Waals surface area contributed by atoms with E-state index in [0.717, 1.165) is 28.0 Å². The van der Waals surface area contributed by atoms with Gasteiger partial charge in [0.1, 0.15) is 11.5 Å². The van der Waals surface area contributed by atoms with E-state index < -0.39 is 0 Å². The minimum atomic E-state index is -0.387. The highest BCUT2D eigenvalue weighted by molar-refractivity contribution is 8.18. The number of fused-ring (bicyclic) bond motifs is 1. The van der Waals surface area contributed by atoms with Gasteiger partial charge >= 0.3 is 0 Å². The lowest BCUT2D eigenvalue weighted by atomic mass is 10.2. The van der Waals surface area contributed by atoms with Gasteiger partial charge in [0, 0.05) is 19.5 Å². The number of H-pyrrole nitrogens is 1. The maximum absolute atomic E-state index is 12.6. The van der Waals surface area contributed by atoms with Gasteiger partial charge in [-0.2, -0.15) is 0 Å². The quantitative estimate of drug-likeness (QED) is 0.697. The summed E-state index contributed by atoms with van der Waals surface area (Å²) in [5.74, 6) is 1.25. The molecule has 150 valence electrons. The predicted molar refractivity (Wildman–Crippen MR) is 106 cm³/mol. The van der Waals surface area contributed by atoms with Crippen LogP contribution in [-0.4, -0.2) is 51.8 Å². The Morgan fingerprint density at radius 2 is 2.17 bits per heavy atom. The molecular weight excluding hydrogens is 396 g/mol. The molecule has 1 saturated heterocycles. The van der Waals surface area contributed by atoms with Crippen molar-refractivity contribution >= 4 is 34.9 Å². The number of thioether (sulfide) groups is 1. The smallest absolute Gasteiger partial charge is 0.293 e. The van der Waals surface area contributed by atoms with Crippen molar-refractivity contribution in [3.63, 3.8) is 0 Å². The van der Waals surface area contributed by atoms with Crippen LogP contribution in [0.5, 0.6) is 11.5 Å². The van der Waals surface area contributed by atoms with Crippen LogP contribution < -0.4 is 14.8 Å². The first-order valence-corrected chi connectivity index (χ1v) is 9.84. The van der Waals surface area contributed by atoms with Crippen molar-refractivity contribution in [3.8, 4) is 11.5 Å². The third-order valence-corrected chi connectivity index (χ3v) is 5.30. The van der Waals surface area contributed by atoms with Crippen molar-refractivity contribution in [2.45, 2.75) is 13.3 Å². The number of carbonyl (C=O) groups is 3. The van der Waals surface area contributed by atoms with E-state index in [4.69, 9.17) is 9.47 Å². The van der Waals surface area contributed by atoms with E-state index in [0.29, 0.717) is 28.5 Å². The third-order valence-electron chi connectivity index (χ3n) is 4.40. The Kier molecular flexibility index (Phi) is 5.26. The molecule has 0 radical (unpaired) electrons. The van der Waals surface area contributed by atoms with Crippen LogP contribution in [-0.2, 0) is 11.2 Å². The van der Waals surface area contributed by atoms with E-state index in [9.17, 15) is 14.4 Å². The van der Waals surface area contributed by atoms with Crippen molar-refractivity contribution in [2.24, 2.45) is 0 Å². The summed E-state index contributed by atoms with van der Waals surface area (Å²) in [6.45, 7) is 2.33. The molecule has 4 rings (SSSR count). The predicted octanol–water partition coefficient (Wildman–Crippen LogP) is 2.17. The largest absolute Gasteiger partial charge is 0.454 e. The molecule has 2 N–H and O–H groups in total. The Morgan fingerprint density at radius 1 is 1.34 bits per heavy atom. The van der Waals surface area contributed by atoms with Gasteiger partial charge in [0.2, 0.25) is 6.79 Å². The molecule has 1 aromatic carbocycles. The summed E-state index contributed by atoms with van der Waals surface area (Å²) in [5, 5.41) is 2.31. The van der Waals surface area contributed by atoms with Crippen LogP contribution in [0, 0.1) is 0 Å². The van der Waals surface area contributed by atoms with Crippen LogP contribution >= 0.6 is 11.8 Å². The maximum atomic E-state index is 12.6. The average Bonchev–Trinajstić information content (AvgIpc) is 3.43. The van der Waals surface area contributed by atoms with Crippen LogP contribution in [0.3, 0.4) is 0 Å². The van der Waals surface area contributed by atoms with E-state index in [-0.39, 0.29) is 36.9 Å². The van der Waals surface area contributed by atoms with Gasteiger partial charge in [-0.3, -0.25) is 19.3 Å². The van der Waals surface area contributed by atoms with Gasteiger partial charge < -0.3 is 19.8 Å². The first-order chi connectivity index (χ1) is 14.0. The molecule has 0 unspecified atom stereocenters. The number of nitrogens with zero attached hydrogens (tertiary/aromatic N) is 2. The SMILES string of the molecule is CCc1ncc(C(=O)NCCN2C(=O)S/C(=C/c3ccc4c(c3)OCO4)C2=O)[nH]1. The lowest BCUT2D eigenvalue weighted by Crippen LogP contribution is -2.37. The number of imidazole rings is 1. The van der Waals surface area contributed by atoms with Crippen LogP contribution in [0.25, 0.3) is 6.08 Å². The molecule has 29 heavy (non-hydrogen) atoms. The molecule has 3 heterocycles. The number of hydrogen-bond donors (Lipinski definition) is 2. The average molecular weight is 414 g/mol. The lowest BCUT2D eigenvalue weighted by molar-refractivity contribution is -0.122. The first kappa shape index (κ1) is 19.1. The Morgan fingerprint density at radius 3 is 2.97 bits per heavy atom. The summed E-state index contributed by atoms with van der Waals surface area (Å²) in [7, 11) is 0.